The van der Waals surface area contributed by atoms with Gasteiger partial charge in [0.05, 0.1) is 18.3 Å². The zero-order valence-corrected chi connectivity index (χ0v) is 14.4. The predicted molar refractivity (Wildman–Crippen MR) is 90.8 cm³/mol. The molecule has 0 spiro atoms. The van der Waals surface area contributed by atoms with Crippen molar-refractivity contribution < 1.29 is 19.0 Å². The lowest BCUT2D eigenvalue weighted by Crippen LogP contribution is -2.48. The number of para-hydroxylation sites is 1. The van der Waals surface area contributed by atoms with Gasteiger partial charge in [-0.2, -0.15) is 0 Å². The van der Waals surface area contributed by atoms with Crippen molar-refractivity contribution in [3.63, 3.8) is 0 Å². The minimum absolute atomic E-state index is 0.0261. The van der Waals surface area contributed by atoms with E-state index in [1.54, 1.807) is 6.07 Å². The summed E-state index contributed by atoms with van der Waals surface area (Å²) < 4.78 is 16.9. The third kappa shape index (κ3) is 4.19. The lowest BCUT2D eigenvalue weighted by Gasteiger charge is -2.34. The Labute approximate surface area is 143 Å². The number of nitrogens with zero attached hydrogens (tertiary/aromatic N) is 1. The van der Waals surface area contributed by atoms with E-state index in [4.69, 9.17) is 14.2 Å². The van der Waals surface area contributed by atoms with E-state index in [9.17, 15) is 4.79 Å². The molecule has 0 saturated carbocycles. The maximum absolute atomic E-state index is 12.5. The molecule has 2 aliphatic heterocycles. The summed E-state index contributed by atoms with van der Waals surface area (Å²) >= 11 is 0. The molecule has 1 aromatic rings. The number of fused-ring (bicyclic) bond motifs is 1. The van der Waals surface area contributed by atoms with Crippen LogP contribution in [0.1, 0.15) is 24.2 Å². The second-order valence-electron chi connectivity index (χ2n) is 6.69. The molecule has 0 unspecified atom stereocenters. The van der Waals surface area contributed by atoms with Gasteiger partial charge >= 0.3 is 0 Å². The molecule has 2 heterocycles. The van der Waals surface area contributed by atoms with Crippen LogP contribution in [0, 0.1) is 5.92 Å². The molecule has 6 nitrogen and oxygen atoms in total. The molecule has 0 aliphatic carbocycles. The molecule has 1 aromatic carbocycles. The van der Waals surface area contributed by atoms with Crippen LogP contribution in [-0.4, -0.2) is 62.9 Å². The number of nitrogens with one attached hydrogen (secondary N) is 1. The van der Waals surface area contributed by atoms with Crippen molar-refractivity contribution in [1.29, 1.82) is 0 Å². The van der Waals surface area contributed by atoms with E-state index in [0.717, 1.165) is 19.6 Å². The maximum atomic E-state index is 12.5. The van der Waals surface area contributed by atoms with E-state index in [-0.39, 0.29) is 12.0 Å². The predicted octanol–water partition coefficient (Wildman–Crippen LogP) is 1.54. The second-order valence-corrected chi connectivity index (χ2v) is 6.69. The number of ether oxygens (including phenoxy) is 3. The molecule has 3 rings (SSSR count). The van der Waals surface area contributed by atoms with Gasteiger partial charge in [0.25, 0.3) is 5.91 Å². The van der Waals surface area contributed by atoms with Gasteiger partial charge in [-0.3, -0.25) is 9.69 Å². The van der Waals surface area contributed by atoms with E-state index in [0.29, 0.717) is 49.3 Å². The monoisotopic (exact) mass is 334 g/mol. The standard InChI is InChI=1S/C18H26N2O4/c1-13(2)11-20-6-7-22-14(12-20)10-19-18(21)15-4-3-5-16-17(15)24-9-8-23-16/h3-5,13-14H,6-12H2,1-2H3,(H,19,21)/t14-/m0/s1. The number of hydrogen-bond donors (Lipinski definition) is 1. The first-order valence-corrected chi connectivity index (χ1v) is 8.64. The maximum Gasteiger partial charge on any atom is 0.255 e. The van der Waals surface area contributed by atoms with Crippen LogP contribution in [-0.2, 0) is 4.74 Å². The minimum Gasteiger partial charge on any atom is -0.486 e. The Hall–Kier alpha value is -1.79. The Kier molecular flexibility index (Phi) is 5.58. The number of benzene rings is 1. The van der Waals surface area contributed by atoms with Gasteiger partial charge in [-0.1, -0.05) is 19.9 Å². The molecule has 24 heavy (non-hydrogen) atoms. The van der Waals surface area contributed by atoms with Crippen LogP contribution in [0.5, 0.6) is 11.5 Å². The quantitative estimate of drug-likeness (QED) is 0.885. The van der Waals surface area contributed by atoms with E-state index in [2.05, 4.69) is 24.1 Å². The first-order chi connectivity index (χ1) is 11.6. The van der Waals surface area contributed by atoms with Crippen LogP contribution >= 0.6 is 0 Å². The summed E-state index contributed by atoms with van der Waals surface area (Å²) in [6, 6.07) is 5.39. The van der Waals surface area contributed by atoms with E-state index in [1.807, 2.05) is 12.1 Å². The molecule has 1 N–H and O–H groups in total. The highest BCUT2D eigenvalue weighted by molar-refractivity contribution is 5.97. The smallest absolute Gasteiger partial charge is 0.255 e. The van der Waals surface area contributed by atoms with Crippen molar-refractivity contribution >= 4 is 5.91 Å². The lowest BCUT2D eigenvalue weighted by molar-refractivity contribution is -0.0295. The highest BCUT2D eigenvalue weighted by Gasteiger charge is 2.24. The van der Waals surface area contributed by atoms with Crippen LogP contribution in [0.25, 0.3) is 0 Å². The Morgan fingerprint density at radius 3 is 2.96 bits per heavy atom. The fraction of sp³-hybridized carbons (Fsp3) is 0.611. The van der Waals surface area contributed by atoms with Crippen LogP contribution in [0.3, 0.4) is 0 Å². The molecule has 1 fully saturated rings. The number of hydrogen-bond acceptors (Lipinski definition) is 5. The molecule has 0 radical (unpaired) electrons. The average molecular weight is 334 g/mol. The Bertz CT molecular complexity index is 576. The van der Waals surface area contributed by atoms with Gasteiger partial charge in [-0.05, 0) is 18.1 Å². The van der Waals surface area contributed by atoms with E-state index in [1.165, 1.54) is 0 Å². The number of morpholine rings is 1. The number of carbonyl (C=O) groups is 1. The molecule has 1 amide bonds. The third-order valence-corrected chi connectivity index (χ3v) is 4.15. The lowest BCUT2D eigenvalue weighted by atomic mass is 10.1. The van der Waals surface area contributed by atoms with Crippen molar-refractivity contribution in [3.05, 3.63) is 23.8 Å². The summed E-state index contributed by atoms with van der Waals surface area (Å²) in [4.78, 5) is 14.9. The van der Waals surface area contributed by atoms with Crippen molar-refractivity contribution in [2.45, 2.75) is 20.0 Å². The number of rotatable bonds is 5. The Morgan fingerprint density at radius 1 is 1.29 bits per heavy atom. The minimum atomic E-state index is -0.151. The fourth-order valence-corrected chi connectivity index (χ4v) is 3.14. The van der Waals surface area contributed by atoms with Gasteiger partial charge in [0.1, 0.15) is 13.2 Å². The van der Waals surface area contributed by atoms with Crippen molar-refractivity contribution in [2.75, 3.05) is 46.0 Å². The molecular weight excluding hydrogens is 308 g/mol. The Morgan fingerprint density at radius 2 is 2.12 bits per heavy atom. The first-order valence-electron chi connectivity index (χ1n) is 8.64. The van der Waals surface area contributed by atoms with E-state index >= 15 is 0 Å². The zero-order chi connectivity index (χ0) is 16.9. The first kappa shape index (κ1) is 17.0. The van der Waals surface area contributed by atoms with Crippen LogP contribution < -0.4 is 14.8 Å². The Balaban J connectivity index is 1.56. The molecule has 1 atom stereocenters. The normalized spacial score (nSPS) is 20.9. The summed E-state index contributed by atoms with van der Waals surface area (Å²) in [6.07, 6.45) is 0.0261. The van der Waals surface area contributed by atoms with Gasteiger partial charge < -0.3 is 19.5 Å². The summed E-state index contributed by atoms with van der Waals surface area (Å²) in [5, 5.41) is 2.97. The highest BCUT2D eigenvalue weighted by atomic mass is 16.6. The third-order valence-electron chi connectivity index (χ3n) is 4.15. The largest absolute Gasteiger partial charge is 0.486 e. The molecule has 2 aliphatic rings. The molecular formula is C18H26N2O4. The van der Waals surface area contributed by atoms with Gasteiger partial charge in [0, 0.05) is 26.2 Å². The summed E-state index contributed by atoms with van der Waals surface area (Å²) in [7, 11) is 0. The summed E-state index contributed by atoms with van der Waals surface area (Å²) in [5.41, 5.74) is 0.516. The van der Waals surface area contributed by atoms with Gasteiger partial charge in [-0.25, -0.2) is 0 Å². The number of amides is 1. The number of carbonyl (C=O) groups excluding carboxylic acids is 1. The van der Waals surface area contributed by atoms with Crippen molar-refractivity contribution in [3.8, 4) is 11.5 Å². The highest BCUT2D eigenvalue weighted by Crippen LogP contribution is 2.33. The van der Waals surface area contributed by atoms with Crippen molar-refractivity contribution in [1.82, 2.24) is 10.2 Å². The summed E-state index contributed by atoms with van der Waals surface area (Å²) in [6.45, 7) is 9.49. The molecule has 6 heteroatoms. The summed E-state index contributed by atoms with van der Waals surface area (Å²) in [5.74, 6) is 1.64. The topological polar surface area (TPSA) is 60.0 Å². The molecule has 1 saturated heterocycles. The van der Waals surface area contributed by atoms with E-state index < -0.39 is 0 Å². The molecule has 0 bridgehead atoms. The van der Waals surface area contributed by atoms with Crippen LogP contribution in [0.4, 0.5) is 0 Å². The fourth-order valence-electron chi connectivity index (χ4n) is 3.14. The van der Waals surface area contributed by atoms with Crippen LogP contribution in [0.15, 0.2) is 18.2 Å². The second kappa shape index (κ2) is 7.85. The molecule has 0 aromatic heterocycles. The van der Waals surface area contributed by atoms with Gasteiger partial charge in [0.2, 0.25) is 0 Å². The van der Waals surface area contributed by atoms with Gasteiger partial charge in [0.15, 0.2) is 11.5 Å². The average Bonchev–Trinajstić information content (AvgIpc) is 2.59. The molecule has 132 valence electrons. The SMILES string of the molecule is CC(C)CN1CCO[C@@H](CNC(=O)c2cccc3c2OCCO3)C1. The van der Waals surface area contributed by atoms with Crippen molar-refractivity contribution in [2.24, 2.45) is 5.92 Å². The zero-order valence-electron chi connectivity index (χ0n) is 14.4. The van der Waals surface area contributed by atoms with Gasteiger partial charge in [-0.15, -0.1) is 0 Å². The van der Waals surface area contributed by atoms with Crippen LogP contribution in [0.2, 0.25) is 0 Å².